The van der Waals surface area contributed by atoms with Gasteiger partial charge in [-0.1, -0.05) is 5.10 Å². The number of aromatic carboxylic acids is 1. The summed E-state index contributed by atoms with van der Waals surface area (Å²) in [4.78, 5) is 14.7. The molecule has 0 fully saturated rings. The number of tetrazole rings is 1. The van der Waals surface area contributed by atoms with Crippen LogP contribution in [-0.2, 0) is 0 Å². The second kappa shape index (κ2) is 2.47. The summed E-state index contributed by atoms with van der Waals surface area (Å²) in [5.41, 5.74) is 0.576. The maximum Gasteiger partial charge on any atom is 0.354 e. The van der Waals surface area contributed by atoms with Crippen molar-refractivity contribution < 1.29 is 9.90 Å². The maximum absolute atomic E-state index is 10.7. The monoisotopic (exact) mass is 179 g/mol. The van der Waals surface area contributed by atoms with Crippen LogP contribution in [0.25, 0.3) is 5.78 Å². The molecule has 0 amide bonds. The van der Waals surface area contributed by atoms with E-state index in [1.165, 1.54) is 6.07 Å². The summed E-state index contributed by atoms with van der Waals surface area (Å²) < 4.78 is 1.08. The van der Waals surface area contributed by atoms with Crippen LogP contribution in [0.5, 0.6) is 0 Å². The van der Waals surface area contributed by atoms with Crippen molar-refractivity contribution in [2.75, 3.05) is 0 Å². The van der Waals surface area contributed by atoms with Gasteiger partial charge in [0.15, 0.2) is 5.69 Å². The second-order valence-corrected chi connectivity index (χ2v) is 2.48. The minimum atomic E-state index is -1.08. The van der Waals surface area contributed by atoms with Gasteiger partial charge in [0, 0.05) is 5.69 Å². The highest BCUT2D eigenvalue weighted by Gasteiger charge is 2.11. The molecule has 0 aliphatic rings. The molecule has 2 aromatic heterocycles. The van der Waals surface area contributed by atoms with Crippen molar-refractivity contribution in [1.82, 2.24) is 25.0 Å². The van der Waals surface area contributed by atoms with E-state index in [1.807, 2.05) is 0 Å². The predicted octanol–water partition coefficient (Wildman–Crippen LogP) is -0.474. The van der Waals surface area contributed by atoms with Gasteiger partial charge in [-0.2, -0.15) is 4.52 Å². The molecule has 0 bridgehead atoms. The van der Waals surface area contributed by atoms with Crippen LogP contribution in [-0.4, -0.2) is 36.1 Å². The van der Waals surface area contributed by atoms with Gasteiger partial charge in [0.2, 0.25) is 0 Å². The normalized spacial score (nSPS) is 10.5. The quantitative estimate of drug-likeness (QED) is 0.635. The second-order valence-electron chi connectivity index (χ2n) is 2.48. The van der Waals surface area contributed by atoms with Crippen LogP contribution >= 0.6 is 0 Å². The van der Waals surface area contributed by atoms with Gasteiger partial charge in [-0.3, -0.25) is 0 Å². The molecule has 1 N–H and O–H groups in total. The van der Waals surface area contributed by atoms with E-state index in [0.717, 1.165) is 4.52 Å². The van der Waals surface area contributed by atoms with Crippen LogP contribution in [0.15, 0.2) is 6.07 Å². The molecule has 0 saturated carbocycles. The Bertz CT molecular complexity index is 477. The first kappa shape index (κ1) is 7.59. The molecule has 7 heteroatoms. The van der Waals surface area contributed by atoms with E-state index in [2.05, 4.69) is 20.5 Å². The Labute approximate surface area is 72.0 Å². The fraction of sp³-hybridized carbons (Fsp3) is 0.167. The standard InChI is InChI=1S/C6H5N5O2/c1-3-2-4(5(12)13)11-6(7-3)8-9-10-11/h2H,1H3,(H,12,13). The molecule has 0 aromatic carbocycles. The van der Waals surface area contributed by atoms with Gasteiger partial charge in [0.25, 0.3) is 5.78 Å². The third kappa shape index (κ3) is 1.10. The third-order valence-electron chi connectivity index (χ3n) is 1.52. The van der Waals surface area contributed by atoms with Gasteiger partial charge in [-0.15, -0.1) is 0 Å². The van der Waals surface area contributed by atoms with Crippen LogP contribution < -0.4 is 0 Å². The number of carbonyl (C=O) groups is 1. The summed E-state index contributed by atoms with van der Waals surface area (Å²) in [5, 5.41) is 19.1. The van der Waals surface area contributed by atoms with Crippen LogP contribution in [0.4, 0.5) is 0 Å². The number of carboxylic acids is 1. The van der Waals surface area contributed by atoms with Crippen molar-refractivity contribution in [3.05, 3.63) is 17.5 Å². The Balaban J connectivity index is 2.84. The number of nitrogens with zero attached hydrogens (tertiary/aromatic N) is 5. The van der Waals surface area contributed by atoms with E-state index in [-0.39, 0.29) is 11.5 Å². The number of fused-ring (bicyclic) bond motifs is 1. The fourth-order valence-corrected chi connectivity index (χ4v) is 1.01. The molecular formula is C6H5N5O2. The minimum absolute atomic E-state index is 0.00694. The van der Waals surface area contributed by atoms with E-state index < -0.39 is 5.97 Å². The summed E-state index contributed by atoms with van der Waals surface area (Å²) in [6.45, 7) is 1.68. The molecule has 0 radical (unpaired) electrons. The molecule has 2 aromatic rings. The molecule has 2 rings (SSSR count). The van der Waals surface area contributed by atoms with Crippen LogP contribution in [0.1, 0.15) is 16.2 Å². The summed E-state index contributed by atoms with van der Waals surface area (Å²) in [6, 6.07) is 1.41. The van der Waals surface area contributed by atoms with Crippen LogP contribution in [0.3, 0.4) is 0 Å². The predicted molar refractivity (Wildman–Crippen MR) is 40.3 cm³/mol. The Morgan fingerprint density at radius 3 is 3.08 bits per heavy atom. The number of aryl methyl sites for hydroxylation is 1. The van der Waals surface area contributed by atoms with E-state index in [4.69, 9.17) is 5.11 Å². The fourth-order valence-electron chi connectivity index (χ4n) is 1.01. The van der Waals surface area contributed by atoms with E-state index in [9.17, 15) is 4.79 Å². The largest absolute Gasteiger partial charge is 0.477 e. The molecular weight excluding hydrogens is 174 g/mol. The first-order chi connectivity index (χ1) is 6.18. The van der Waals surface area contributed by atoms with E-state index >= 15 is 0 Å². The van der Waals surface area contributed by atoms with Crippen molar-refractivity contribution in [1.29, 1.82) is 0 Å². The van der Waals surface area contributed by atoms with Gasteiger partial charge >= 0.3 is 5.97 Å². The van der Waals surface area contributed by atoms with Gasteiger partial charge in [-0.05, 0) is 23.4 Å². The van der Waals surface area contributed by atoms with Crippen LogP contribution in [0, 0.1) is 6.92 Å². The van der Waals surface area contributed by atoms with Crippen molar-refractivity contribution in [3.8, 4) is 0 Å². The lowest BCUT2D eigenvalue weighted by atomic mass is 10.3. The molecule has 0 unspecified atom stereocenters. The number of hydrogen-bond donors (Lipinski definition) is 1. The van der Waals surface area contributed by atoms with Crippen molar-refractivity contribution in [2.45, 2.75) is 6.92 Å². The molecule has 0 aliphatic carbocycles. The number of rotatable bonds is 1. The number of carboxylic acid groups (broad SMARTS) is 1. The molecule has 0 atom stereocenters. The van der Waals surface area contributed by atoms with E-state index in [1.54, 1.807) is 6.92 Å². The third-order valence-corrected chi connectivity index (χ3v) is 1.52. The molecule has 2 heterocycles. The highest BCUT2D eigenvalue weighted by molar-refractivity contribution is 5.86. The van der Waals surface area contributed by atoms with Gasteiger partial charge in [0.1, 0.15) is 0 Å². The molecule has 0 spiro atoms. The smallest absolute Gasteiger partial charge is 0.354 e. The average molecular weight is 179 g/mol. The topological polar surface area (TPSA) is 93.3 Å². The summed E-state index contributed by atoms with van der Waals surface area (Å²) in [7, 11) is 0. The minimum Gasteiger partial charge on any atom is -0.477 e. The summed E-state index contributed by atoms with van der Waals surface area (Å²) in [5.74, 6) is -0.889. The van der Waals surface area contributed by atoms with Crippen molar-refractivity contribution >= 4 is 11.7 Å². The zero-order valence-corrected chi connectivity index (χ0v) is 6.67. The zero-order valence-electron chi connectivity index (χ0n) is 6.67. The van der Waals surface area contributed by atoms with Crippen molar-refractivity contribution in [3.63, 3.8) is 0 Å². The molecule has 0 saturated heterocycles. The van der Waals surface area contributed by atoms with E-state index in [0.29, 0.717) is 5.69 Å². The van der Waals surface area contributed by atoms with Gasteiger partial charge in [0.05, 0.1) is 0 Å². The summed E-state index contributed by atoms with van der Waals surface area (Å²) in [6.07, 6.45) is 0. The Morgan fingerprint density at radius 2 is 2.38 bits per heavy atom. The van der Waals surface area contributed by atoms with Crippen molar-refractivity contribution in [2.24, 2.45) is 0 Å². The maximum atomic E-state index is 10.7. The lowest BCUT2D eigenvalue weighted by Crippen LogP contribution is -2.08. The first-order valence-corrected chi connectivity index (χ1v) is 3.47. The van der Waals surface area contributed by atoms with Crippen LogP contribution in [0.2, 0.25) is 0 Å². The molecule has 0 aliphatic heterocycles. The molecule has 66 valence electrons. The Hall–Kier alpha value is -2.05. The highest BCUT2D eigenvalue weighted by atomic mass is 16.4. The first-order valence-electron chi connectivity index (χ1n) is 3.47. The molecule has 7 nitrogen and oxygen atoms in total. The number of aromatic nitrogens is 5. The summed E-state index contributed by atoms with van der Waals surface area (Å²) >= 11 is 0. The number of hydrogen-bond acceptors (Lipinski definition) is 5. The van der Waals surface area contributed by atoms with Gasteiger partial charge in [-0.25, -0.2) is 9.78 Å². The average Bonchev–Trinajstić information content (AvgIpc) is 2.49. The highest BCUT2D eigenvalue weighted by Crippen LogP contribution is 2.02. The Kier molecular flexibility index (Phi) is 1.44. The zero-order chi connectivity index (χ0) is 9.42. The lowest BCUT2D eigenvalue weighted by molar-refractivity contribution is 0.0686. The Morgan fingerprint density at radius 1 is 1.62 bits per heavy atom. The van der Waals surface area contributed by atoms with Gasteiger partial charge < -0.3 is 5.11 Å². The lowest BCUT2D eigenvalue weighted by Gasteiger charge is -1.97. The SMILES string of the molecule is Cc1cc(C(=O)O)n2nnnc2n1. The molecule has 13 heavy (non-hydrogen) atoms.